The van der Waals surface area contributed by atoms with Gasteiger partial charge in [0.25, 0.3) is 0 Å². The van der Waals surface area contributed by atoms with Gasteiger partial charge in [-0.1, -0.05) is 0 Å². The zero-order chi connectivity index (χ0) is 29.2. The first-order valence-corrected chi connectivity index (χ1v) is 13.9. The Bertz CT molecular complexity index is 1760. The summed E-state index contributed by atoms with van der Waals surface area (Å²) in [5.41, 5.74) is 3.16. The molecule has 2 amide bonds. The molecule has 4 aromatic heterocycles. The van der Waals surface area contributed by atoms with Gasteiger partial charge in [0.15, 0.2) is 11.6 Å². The lowest BCUT2D eigenvalue weighted by Gasteiger charge is -2.27. The van der Waals surface area contributed by atoms with Crippen LogP contribution < -0.4 is 5.32 Å². The van der Waals surface area contributed by atoms with Gasteiger partial charge < -0.3 is 10.2 Å². The number of rotatable bonds is 6. The van der Waals surface area contributed by atoms with Crippen molar-refractivity contribution in [3.05, 3.63) is 57.7 Å². The lowest BCUT2D eigenvalue weighted by Crippen LogP contribution is -2.47. The number of likely N-dealkylation sites (tertiary alicyclic amines) is 1. The van der Waals surface area contributed by atoms with Crippen molar-refractivity contribution in [3.63, 3.8) is 0 Å². The SMILES string of the molecule is CC(=O)c1nn(CC(=O)N2C[C@H]3C[C@H]3[C@H]2C(=O)Nc2nc(Br)c(F)cc2C)c2c(C)nc(-c3cnc(C)nc3)cc12. The number of carbonyl (C=O) groups excluding carboxylic acids is 3. The highest BCUT2D eigenvalue weighted by Gasteiger charge is 2.56. The molecule has 1 aliphatic heterocycles. The molecule has 6 rings (SSSR count). The Balaban J connectivity index is 1.29. The van der Waals surface area contributed by atoms with Crippen molar-refractivity contribution in [2.75, 3.05) is 11.9 Å². The number of carbonyl (C=O) groups is 3. The van der Waals surface area contributed by atoms with E-state index in [1.54, 1.807) is 44.1 Å². The Hall–Kier alpha value is -4.13. The van der Waals surface area contributed by atoms with Crippen LogP contribution in [0.1, 0.15) is 40.9 Å². The highest BCUT2D eigenvalue weighted by molar-refractivity contribution is 9.10. The predicted molar refractivity (Wildman–Crippen MR) is 150 cm³/mol. The highest BCUT2D eigenvalue weighted by Crippen LogP contribution is 2.50. The number of pyridine rings is 2. The van der Waals surface area contributed by atoms with Crippen molar-refractivity contribution < 1.29 is 18.8 Å². The van der Waals surface area contributed by atoms with E-state index < -0.39 is 11.9 Å². The molecule has 3 atom stereocenters. The predicted octanol–water partition coefficient (Wildman–Crippen LogP) is 3.80. The lowest BCUT2D eigenvalue weighted by molar-refractivity contribution is -0.138. The molecule has 0 spiro atoms. The summed E-state index contributed by atoms with van der Waals surface area (Å²) >= 11 is 3.06. The summed E-state index contributed by atoms with van der Waals surface area (Å²) in [7, 11) is 0. The van der Waals surface area contributed by atoms with Gasteiger partial charge in [0.05, 0.1) is 16.9 Å². The van der Waals surface area contributed by atoms with Gasteiger partial charge in [-0.25, -0.2) is 19.3 Å². The monoisotopic (exact) mass is 620 g/mol. The number of nitrogens with zero attached hydrogens (tertiary/aromatic N) is 7. The summed E-state index contributed by atoms with van der Waals surface area (Å²) in [6.07, 6.45) is 4.20. The molecule has 11 nitrogen and oxygen atoms in total. The topological polar surface area (TPSA) is 136 Å². The molecule has 1 aliphatic carbocycles. The molecule has 0 radical (unpaired) electrons. The number of aromatic nitrogens is 6. The van der Waals surface area contributed by atoms with Crippen molar-refractivity contribution in [1.29, 1.82) is 0 Å². The van der Waals surface area contributed by atoms with E-state index in [0.29, 0.717) is 45.8 Å². The molecule has 4 aromatic rings. The molecule has 210 valence electrons. The van der Waals surface area contributed by atoms with E-state index in [-0.39, 0.29) is 52.1 Å². The van der Waals surface area contributed by atoms with Gasteiger partial charge in [-0.15, -0.1) is 0 Å². The quantitative estimate of drug-likeness (QED) is 0.254. The summed E-state index contributed by atoms with van der Waals surface area (Å²) < 4.78 is 15.3. The number of piperidine rings is 1. The molecule has 1 saturated carbocycles. The third-order valence-corrected chi connectivity index (χ3v) is 8.26. The van der Waals surface area contributed by atoms with Crippen LogP contribution >= 0.6 is 15.9 Å². The van der Waals surface area contributed by atoms with Crippen molar-refractivity contribution in [1.82, 2.24) is 34.6 Å². The average Bonchev–Trinajstić information content (AvgIpc) is 3.41. The Kier molecular flexibility index (Phi) is 6.63. The summed E-state index contributed by atoms with van der Waals surface area (Å²) in [5.74, 6) is -0.271. The fourth-order valence-corrected chi connectivity index (χ4v) is 5.89. The van der Waals surface area contributed by atoms with E-state index in [1.807, 2.05) is 0 Å². The van der Waals surface area contributed by atoms with E-state index in [2.05, 4.69) is 41.3 Å². The molecule has 0 aromatic carbocycles. The zero-order valence-corrected chi connectivity index (χ0v) is 24.4. The number of nitrogens with one attached hydrogen (secondary N) is 1. The first-order valence-electron chi connectivity index (χ1n) is 13.1. The van der Waals surface area contributed by atoms with Gasteiger partial charge >= 0.3 is 0 Å². The second-order valence-electron chi connectivity index (χ2n) is 10.6. The average molecular weight is 621 g/mol. The van der Waals surface area contributed by atoms with Crippen LogP contribution in [-0.2, 0) is 16.1 Å². The molecule has 2 aliphatic rings. The van der Waals surface area contributed by atoms with Crippen LogP contribution in [0.5, 0.6) is 0 Å². The van der Waals surface area contributed by atoms with E-state index >= 15 is 0 Å². The molecular weight excluding hydrogens is 595 g/mol. The Morgan fingerprint density at radius 2 is 1.85 bits per heavy atom. The Morgan fingerprint density at radius 1 is 1.12 bits per heavy atom. The van der Waals surface area contributed by atoms with Crippen LogP contribution in [0.3, 0.4) is 0 Å². The van der Waals surface area contributed by atoms with Gasteiger partial charge in [-0.3, -0.25) is 24.0 Å². The van der Waals surface area contributed by atoms with E-state index in [0.717, 1.165) is 6.42 Å². The lowest BCUT2D eigenvalue weighted by atomic mass is 10.1. The normalized spacial score (nSPS) is 19.4. The third-order valence-electron chi connectivity index (χ3n) is 7.70. The second-order valence-corrected chi connectivity index (χ2v) is 11.4. The fourth-order valence-electron chi connectivity index (χ4n) is 5.60. The van der Waals surface area contributed by atoms with Gasteiger partial charge in [-0.05, 0) is 72.7 Å². The fraction of sp³-hybridized carbons (Fsp3) is 0.357. The number of amides is 2. The summed E-state index contributed by atoms with van der Waals surface area (Å²) in [5, 5.41) is 7.86. The smallest absolute Gasteiger partial charge is 0.248 e. The van der Waals surface area contributed by atoms with E-state index in [1.165, 1.54) is 17.7 Å². The third kappa shape index (κ3) is 4.88. The number of ketones is 1. The molecule has 0 bridgehead atoms. The molecule has 13 heteroatoms. The standard InChI is InChI=1S/C28H26BrFN8O3/c1-12-5-20(30)26(29)34-27(12)35-28(41)25-18-6-16(18)10-37(25)22(40)11-38-24-13(2)33-21(17-8-31-15(4)32-9-17)7-19(24)23(36-38)14(3)39/h5,7-9,16,18,25H,6,10-11H2,1-4H3,(H,34,35,41)/t16-,18-,25+/m1/s1. The van der Waals surface area contributed by atoms with E-state index in [4.69, 9.17) is 4.98 Å². The molecule has 41 heavy (non-hydrogen) atoms. The number of fused-ring (bicyclic) bond motifs is 2. The van der Waals surface area contributed by atoms with Gasteiger partial charge in [0.2, 0.25) is 11.8 Å². The minimum atomic E-state index is -0.681. The van der Waals surface area contributed by atoms with Crippen LogP contribution in [0, 0.1) is 38.4 Å². The largest absolute Gasteiger partial charge is 0.328 e. The number of hydrogen-bond acceptors (Lipinski definition) is 8. The van der Waals surface area contributed by atoms with Crippen LogP contribution in [-0.4, -0.2) is 64.8 Å². The molecule has 0 unspecified atom stereocenters. The van der Waals surface area contributed by atoms with Gasteiger partial charge in [0.1, 0.15) is 34.5 Å². The minimum absolute atomic E-state index is 0.00377. The van der Waals surface area contributed by atoms with Crippen molar-refractivity contribution in [2.45, 2.75) is 46.7 Å². The van der Waals surface area contributed by atoms with Crippen LogP contribution in [0.25, 0.3) is 22.2 Å². The molecule has 2 fully saturated rings. The zero-order valence-electron chi connectivity index (χ0n) is 22.8. The maximum absolute atomic E-state index is 13.8. The van der Waals surface area contributed by atoms with Crippen molar-refractivity contribution in [2.24, 2.45) is 11.8 Å². The highest BCUT2D eigenvalue weighted by atomic mass is 79.9. The van der Waals surface area contributed by atoms with Crippen molar-refractivity contribution >= 4 is 50.2 Å². The number of Topliss-reactive ketones (excluding diaryl/α,β-unsaturated/α-hetero) is 1. The molecular formula is C28H26BrFN8O3. The summed E-state index contributed by atoms with van der Waals surface area (Å²) in [6.45, 7) is 6.95. The first kappa shape index (κ1) is 27.1. The van der Waals surface area contributed by atoms with Gasteiger partial charge in [0, 0.05) is 36.8 Å². The maximum Gasteiger partial charge on any atom is 0.248 e. The maximum atomic E-state index is 13.8. The Labute approximate surface area is 242 Å². The molecule has 5 heterocycles. The number of hydrogen-bond donors (Lipinski definition) is 1. The Morgan fingerprint density at radius 3 is 2.56 bits per heavy atom. The first-order chi connectivity index (χ1) is 19.5. The van der Waals surface area contributed by atoms with Crippen LogP contribution in [0.2, 0.25) is 0 Å². The van der Waals surface area contributed by atoms with Crippen LogP contribution in [0.15, 0.2) is 29.1 Å². The summed E-state index contributed by atoms with van der Waals surface area (Å²) in [6, 6.07) is 2.37. The van der Waals surface area contributed by atoms with Crippen molar-refractivity contribution in [3.8, 4) is 11.3 Å². The molecule has 1 saturated heterocycles. The second kappa shape index (κ2) is 10.1. The number of halogens is 2. The number of aryl methyl sites for hydroxylation is 3. The van der Waals surface area contributed by atoms with Crippen LogP contribution in [0.4, 0.5) is 10.2 Å². The van der Waals surface area contributed by atoms with Gasteiger partial charge in [-0.2, -0.15) is 5.10 Å². The number of anilines is 1. The van der Waals surface area contributed by atoms with E-state index in [9.17, 15) is 18.8 Å². The minimum Gasteiger partial charge on any atom is -0.328 e. The molecule has 1 N–H and O–H groups in total. The summed E-state index contributed by atoms with van der Waals surface area (Å²) in [4.78, 5) is 58.4.